The zero-order valence-electron chi connectivity index (χ0n) is 18.5. The number of carbonyl (C=O) groups excluding carboxylic acids is 1. The number of rotatable bonds is 13. The van der Waals surface area contributed by atoms with Gasteiger partial charge in [-0.25, -0.2) is 4.79 Å². The molecular formula is C19H41IN4O4. The number of ether oxygens (including phenoxy) is 3. The second-order valence-electron chi connectivity index (χ2n) is 7.11. The molecule has 0 aliphatic heterocycles. The average molecular weight is 516 g/mol. The molecule has 1 amide bonds. The van der Waals surface area contributed by atoms with Crippen molar-refractivity contribution in [2.75, 3.05) is 59.7 Å². The van der Waals surface area contributed by atoms with Gasteiger partial charge in [-0.05, 0) is 40.5 Å². The molecule has 0 radical (unpaired) electrons. The third kappa shape index (κ3) is 17.3. The molecule has 0 saturated carbocycles. The lowest BCUT2D eigenvalue weighted by molar-refractivity contribution is 0.0253. The summed E-state index contributed by atoms with van der Waals surface area (Å²) in [6.07, 6.45) is 1.46. The fraction of sp³-hybridized carbons (Fsp3) is 0.895. The Balaban J connectivity index is 0. The van der Waals surface area contributed by atoms with Crippen LogP contribution in [-0.2, 0) is 14.2 Å². The maximum absolute atomic E-state index is 12.3. The van der Waals surface area contributed by atoms with E-state index in [1.807, 2.05) is 34.6 Å². The minimum atomic E-state index is -0.488. The van der Waals surface area contributed by atoms with E-state index < -0.39 is 5.60 Å². The van der Waals surface area contributed by atoms with Gasteiger partial charge in [0.15, 0.2) is 5.96 Å². The molecule has 0 aliphatic carbocycles. The van der Waals surface area contributed by atoms with E-state index in [9.17, 15) is 4.79 Å². The van der Waals surface area contributed by atoms with Crippen LogP contribution in [0, 0.1) is 0 Å². The van der Waals surface area contributed by atoms with Crippen LogP contribution in [0.15, 0.2) is 4.99 Å². The van der Waals surface area contributed by atoms with Gasteiger partial charge in [-0.15, -0.1) is 24.0 Å². The van der Waals surface area contributed by atoms with Crippen molar-refractivity contribution in [2.24, 2.45) is 4.99 Å². The van der Waals surface area contributed by atoms with E-state index in [4.69, 9.17) is 14.2 Å². The first-order valence-corrected chi connectivity index (χ1v) is 9.90. The summed E-state index contributed by atoms with van der Waals surface area (Å²) < 4.78 is 15.8. The standard InChI is InChI=1S/C19H40N4O4.HI/c1-7-12-23(18(24)27-19(3,4)5)13-11-22-17(20-8-2)21-10-9-14-26-16-15-25-6;/h7-16H2,1-6H3,(H2,20,21,22);1H. The summed E-state index contributed by atoms with van der Waals surface area (Å²) in [5.41, 5.74) is -0.488. The highest BCUT2D eigenvalue weighted by atomic mass is 127. The van der Waals surface area contributed by atoms with Gasteiger partial charge in [-0.1, -0.05) is 6.92 Å². The molecule has 0 aromatic heterocycles. The monoisotopic (exact) mass is 516 g/mol. The largest absolute Gasteiger partial charge is 0.444 e. The highest BCUT2D eigenvalue weighted by Gasteiger charge is 2.21. The molecule has 0 unspecified atom stereocenters. The van der Waals surface area contributed by atoms with Crippen LogP contribution in [0.4, 0.5) is 4.79 Å². The maximum Gasteiger partial charge on any atom is 0.410 e. The predicted molar refractivity (Wildman–Crippen MR) is 125 cm³/mol. The Morgan fingerprint density at radius 3 is 2.36 bits per heavy atom. The van der Waals surface area contributed by atoms with Gasteiger partial charge in [-0.2, -0.15) is 0 Å². The van der Waals surface area contributed by atoms with Crippen molar-refractivity contribution in [3.63, 3.8) is 0 Å². The molecular weight excluding hydrogens is 475 g/mol. The number of hydrogen-bond acceptors (Lipinski definition) is 5. The van der Waals surface area contributed by atoms with Gasteiger partial charge in [0.05, 0.1) is 13.2 Å². The van der Waals surface area contributed by atoms with Gasteiger partial charge < -0.3 is 29.7 Å². The van der Waals surface area contributed by atoms with Crippen molar-refractivity contribution in [2.45, 2.75) is 53.1 Å². The molecule has 0 aliphatic rings. The quantitative estimate of drug-likeness (QED) is 0.170. The minimum Gasteiger partial charge on any atom is -0.444 e. The Bertz CT molecular complexity index is 417. The molecule has 8 nitrogen and oxygen atoms in total. The fourth-order valence-corrected chi connectivity index (χ4v) is 2.14. The van der Waals surface area contributed by atoms with Crippen molar-refractivity contribution < 1.29 is 19.0 Å². The summed E-state index contributed by atoms with van der Waals surface area (Å²) in [6.45, 7) is 14.9. The number of guanidine groups is 1. The summed E-state index contributed by atoms with van der Waals surface area (Å²) in [4.78, 5) is 18.5. The number of hydrogen-bond donors (Lipinski definition) is 2. The summed E-state index contributed by atoms with van der Waals surface area (Å²) in [7, 11) is 1.66. The first kappa shape index (κ1) is 29.4. The highest BCUT2D eigenvalue weighted by Crippen LogP contribution is 2.10. The summed E-state index contributed by atoms with van der Waals surface area (Å²) in [5.74, 6) is 0.745. The van der Waals surface area contributed by atoms with Gasteiger partial charge in [0, 0.05) is 46.4 Å². The predicted octanol–water partition coefficient (Wildman–Crippen LogP) is 2.86. The summed E-state index contributed by atoms with van der Waals surface area (Å²) in [5, 5.41) is 6.48. The lowest BCUT2D eigenvalue weighted by atomic mass is 10.2. The topological polar surface area (TPSA) is 84.4 Å². The van der Waals surface area contributed by atoms with Crippen molar-refractivity contribution in [1.29, 1.82) is 0 Å². The van der Waals surface area contributed by atoms with E-state index in [2.05, 4.69) is 15.6 Å². The second-order valence-corrected chi connectivity index (χ2v) is 7.11. The molecule has 0 bridgehead atoms. The molecule has 9 heteroatoms. The molecule has 2 N–H and O–H groups in total. The number of nitrogens with one attached hydrogen (secondary N) is 2. The van der Waals surface area contributed by atoms with Crippen molar-refractivity contribution in [1.82, 2.24) is 15.5 Å². The SMILES string of the molecule is CCCN(CCNC(=NCCCOCCOC)NCC)C(=O)OC(C)(C)C.I. The van der Waals surface area contributed by atoms with Crippen LogP contribution >= 0.6 is 24.0 Å². The molecule has 28 heavy (non-hydrogen) atoms. The molecule has 0 heterocycles. The Hall–Kier alpha value is -0.810. The van der Waals surface area contributed by atoms with Crippen LogP contribution < -0.4 is 10.6 Å². The third-order valence-corrected chi connectivity index (χ3v) is 3.31. The normalized spacial score (nSPS) is 11.6. The second kappa shape index (κ2) is 18.2. The molecule has 168 valence electrons. The van der Waals surface area contributed by atoms with Crippen LogP contribution in [0.5, 0.6) is 0 Å². The molecule has 0 rings (SSSR count). The van der Waals surface area contributed by atoms with Gasteiger partial charge in [0.25, 0.3) is 0 Å². The molecule has 0 saturated heterocycles. The lowest BCUT2D eigenvalue weighted by Crippen LogP contribution is -2.44. The number of nitrogens with zero attached hydrogens (tertiary/aromatic N) is 2. The Morgan fingerprint density at radius 1 is 1.07 bits per heavy atom. The maximum atomic E-state index is 12.3. The lowest BCUT2D eigenvalue weighted by Gasteiger charge is -2.27. The molecule has 0 spiro atoms. The van der Waals surface area contributed by atoms with Crippen LogP contribution in [0.2, 0.25) is 0 Å². The van der Waals surface area contributed by atoms with E-state index in [0.717, 1.165) is 25.3 Å². The third-order valence-electron chi connectivity index (χ3n) is 3.31. The summed E-state index contributed by atoms with van der Waals surface area (Å²) >= 11 is 0. The van der Waals surface area contributed by atoms with Gasteiger partial charge >= 0.3 is 6.09 Å². The van der Waals surface area contributed by atoms with Crippen molar-refractivity contribution in [3.05, 3.63) is 0 Å². The van der Waals surface area contributed by atoms with Crippen LogP contribution in [-0.4, -0.2) is 82.2 Å². The molecule has 0 aromatic rings. The number of amides is 1. The van der Waals surface area contributed by atoms with Crippen LogP contribution in [0.3, 0.4) is 0 Å². The van der Waals surface area contributed by atoms with Crippen LogP contribution in [0.1, 0.15) is 47.5 Å². The van der Waals surface area contributed by atoms with Gasteiger partial charge in [-0.3, -0.25) is 4.99 Å². The van der Waals surface area contributed by atoms with E-state index in [1.165, 1.54) is 0 Å². The minimum absolute atomic E-state index is 0. The van der Waals surface area contributed by atoms with Gasteiger partial charge in [0.1, 0.15) is 5.60 Å². The number of carbonyl (C=O) groups is 1. The first-order chi connectivity index (χ1) is 12.8. The van der Waals surface area contributed by atoms with E-state index in [1.54, 1.807) is 12.0 Å². The Morgan fingerprint density at radius 2 is 1.79 bits per heavy atom. The fourth-order valence-electron chi connectivity index (χ4n) is 2.14. The zero-order chi connectivity index (χ0) is 20.5. The van der Waals surface area contributed by atoms with E-state index >= 15 is 0 Å². The van der Waals surface area contributed by atoms with Gasteiger partial charge in [0.2, 0.25) is 0 Å². The summed E-state index contributed by atoms with van der Waals surface area (Å²) in [6, 6.07) is 0. The highest BCUT2D eigenvalue weighted by molar-refractivity contribution is 14.0. The van der Waals surface area contributed by atoms with Crippen LogP contribution in [0.25, 0.3) is 0 Å². The van der Waals surface area contributed by atoms with E-state index in [0.29, 0.717) is 46.0 Å². The molecule has 0 aromatic carbocycles. The number of aliphatic imine (C=N–C) groups is 1. The molecule has 0 atom stereocenters. The Kier molecular flexibility index (Phi) is 19.1. The van der Waals surface area contributed by atoms with E-state index in [-0.39, 0.29) is 30.1 Å². The Labute approximate surface area is 188 Å². The molecule has 0 fully saturated rings. The average Bonchev–Trinajstić information content (AvgIpc) is 2.58. The smallest absolute Gasteiger partial charge is 0.410 e. The van der Waals surface area contributed by atoms with Crippen molar-refractivity contribution >= 4 is 36.0 Å². The number of halogens is 1. The first-order valence-electron chi connectivity index (χ1n) is 9.90. The zero-order valence-corrected chi connectivity index (χ0v) is 20.8. The number of methoxy groups -OCH3 is 1. The van der Waals surface area contributed by atoms with Crippen molar-refractivity contribution in [3.8, 4) is 0 Å².